The van der Waals surface area contributed by atoms with E-state index < -0.39 is 4.92 Å². The minimum atomic E-state index is -0.516. The van der Waals surface area contributed by atoms with Crippen LogP contribution in [0.4, 0.5) is 28.4 Å². The van der Waals surface area contributed by atoms with Gasteiger partial charge in [-0.25, -0.2) is 0 Å². The Hall–Kier alpha value is -4.37. The van der Waals surface area contributed by atoms with Crippen LogP contribution in [0.1, 0.15) is 26.3 Å². The van der Waals surface area contributed by atoms with Crippen LogP contribution >= 0.6 is 11.6 Å². The predicted octanol–water partition coefficient (Wildman–Crippen LogP) is 9.55. The van der Waals surface area contributed by atoms with Crippen molar-refractivity contribution < 1.29 is 14.4 Å². The number of ether oxygens (including phenoxy) is 2. The fourth-order valence-corrected chi connectivity index (χ4v) is 4.11. The summed E-state index contributed by atoms with van der Waals surface area (Å²) < 4.78 is 11.2. The first kappa shape index (κ1) is 26.7. The second-order valence-electron chi connectivity index (χ2n) is 9.42. The summed E-state index contributed by atoms with van der Waals surface area (Å²) in [6.07, 6.45) is 0. The highest BCUT2D eigenvalue weighted by Gasteiger charge is 2.22. The van der Waals surface area contributed by atoms with E-state index >= 15 is 0 Å². The minimum Gasteiger partial charge on any atom is -0.496 e. The van der Waals surface area contributed by atoms with Gasteiger partial charge in [-0.05, 0) is 29.7 Å². The van der Waals surface area contributed by atoms with Crippen molar-refractivity contribution in [2.24, 2.45) is 20.5 Å². The van der Waals surface area contributed by atoms with E-state index in [4.69, 9.17) is 21.1 Å². The number of halogens is 1. The number of hydrogen-bond donors (Lipinski definition) is 0. The number of non-ortho nitro benzene ring substituents is 1. The SMILES string of the molecule is COc1cc(C(C)(C)C)c(OC)cc1N=Nc1ccc(N=Nc2ccc([N+](=O)[O-])cc2Cl)c2ccccc12. The van der Waals surface area contributed by atoms with E-state index in [0.29, 0.717) is 34.2 Å². The van der Waals surface area contributed by atoms with Crippen LogP contribution in [0.3, 0.4) is 0 Å². The molecule has 0 bridgehead atoms. The molecule has 0 spiro atoms. The van der Waals surface area contributed by atoms with Crippen LogP contribution in [-0.2, 0) is 5.41 Å². The molecule has 0 radical (unpaired) electrons. The average molecular weight is 532 g/mol. The summed E-state index contributed by atoms with van der Waals surface area (Å²) in [5.74, 6) is 1.30. The van der Waals surface area contributed by atoms with Crippen molar-refractivity contribution in [3.63, 3.8) is 0 Å². The molecule has 0 aliphatic heterocycles. The topological polar surface area (TPSA) is 111 Å². The highest BCUT2D eigenvalue weighted by molar-refractivity contribution is 6.33. The zero-order chi connectivity index (χ0) is 27.4. The zero-order valence-corrected chi connectivity index (χ0v) is 22.4. The molecule has 0 amide bonds. The molecule has 38 heavy (non-hydrogen) atoms. The Labute approximate surface area is 224 Å². The molecule has 0 atom stereocenters. The van der Waals surface area contributed by atoms with Gasteiger partial charge < -0.3 is 9.47 Å². The Morgan fingerprint density at radius 3 is 1.76 bits per heavy atom. The molecule has 4 aromatic rings. The number of rotatable bonds is 7. The lowest BCUT2D eigenvalue weighted by molar-refractivity contribution is -0.384. The molecular formula is C28H26ClN5O4. The van der Waals surface area contributed by atoms with Gasteiger partial charge in [0.05, 0.1) is 35.5 Å². The smallest absolute Gasteiger partial charge is 0.271 e. The molecule has 0 aliphatic rings. The maximum Gasteiger partial charge on any atom is 0.271 e. The third-order valence-electron chi connectivity index (χ3n) is 5.86. The molecule has 0 N–H and O–H groups in total. The van der Waals surface area contributed by atoms with Crippen LogP contribution in [0.2, 0.25) is 5.02 Å². The van der Waals surface area contributed by atoms with E-state index in [-0.39, 0.29) is 16.1 Å². The van der Waals surface area contributed by atoms with Crippen LogP contribution < -0.4 is 9.47 Å². The molecule has 0 unspecified atom stereocenters. The van der Waals surface area contributed by atoms with Crippen molar-refractivity contribution in [1.29, 1.82) is 0 Å². The minimum absolute atomic E-state index is 0.114. The first-order valence-electron chi connectivity index (χ1n) is 11.7. The van der Waals surface area contributed by atoms with E-state index in [2.05, 4.69) is 41.2 Å². The molecular weight excluding hydrogens is 506 g/mol. The number of hydrogen-bond acceptors (Lipinski definition) is 8. The van der Waals surface area contributed by atoms with Gasteiger partial charge in [0.25, 0.3) is 5.69 Å². The van der Waals surface area contributed by atoms with Crippen LogP contribution in [0.25, 0.3) is 10.8 Å². The van der Waals surface area contributed by atoms with Crippen molar-refractivity contribution in [3.05, 3.63) is 87.4 Å². The Kier molecular flexibility index (Phi) is 7.68. The number of nitro groups is 1. The van der Waals surface area contributed by atoms with Gasteiger partial charge in [0.15, 0.2) is 0 Å². The lowest BCUT2D eigenvalue weighted by Gasteiger charge is -2.23. The molecule has 0 saturated heterocycles. The quantitative estimate of drug-likeness (QED) is 0.134. The average Bonchev–Trinajstić information content (AvgIpc) is 2.90. The lowest BCUT2D eigenvalue weighted by atomic mass is 9.86. The van der Waals surface area contributed by atoms with Gasteiger partial charge in [0, 0.05) is 34.5 Å². The van der Waals surface area contributed by atoms with Gasteiger partial charge in [-0.1, -0.05) is 56.6 Å². The molecule has 194 valence electrons. The van der Waals surface area contributed by atoms with Crippen molar-refractivity contribution >= 4 is 50.8 Å². The van der Waals surface area contributed by atoms with E-state index in [9.17, 15) is 10.1 Å². The number of benzene rings is 4. The summed E-state index contributed by atoms with van der Waals surface area (Å²) in [6.45, 7) is 6.31. The van der Waals surface area contributed by atoms with E-state index in [1.807, 2.05) is 36.4 Å². The summed E-state index contributed by atoms with van der Waals surface area (Å²) in [4.78, 5) is 10.4. The van der Waals surface area contributed by atoms with E-state index in [1.165, 1.54) is 18.2 Å². The predicted molar refractivity (Wildman–Crippen MR) is 149 cm³/mol. The fraction of sp³-hybridized carbons (Fsp3) is 0.214. The van der Waals surface area contributed by atoms with Gasteiger partial charge in [-0.2, -0.15) is 0 Å². The number of fused-ring (bicyclic) bond motifs is 1. The standard InChI is InChI=1S/C28H26ClN5O4/c1-28(2,3)20-15-27(38-5)25(16-26(20)37-4)33-31-23-13-12-22(18-8-6-7-9-19(18)23)30-32-24-11-10-17(34(35)36)14-21(24)29/h6-16H,1-5H3. The maximum absolute atomic E-state index is 11.0. The molecule has 0 fully saturated rings. The molecule has 0 saturated carbocycles. The molecule has 9 nitrogen and oxygen atoms in total. The Morgan fingerprint density at radius 1 is 0.737 bits per heavy atom. The summed E-state index contributed by atoms with van der Waals surface area (Å²) in [6, 6.07) is 19.0. The van der Waals surface area contributed by atoms with Gasteiger partial charge in [0.2, 0.25) is 0 Å². The van der Waals surface area contributed by atoms with Crippen LogP contribution in [0.15, 0.2) is 87.2 Å². The van der Waals surface area contributed by atoms with Crippen molar-refractivity contribution in [2.45, 2.75) is 26.2 Å². The molecule has 0 aliphatic carbocycles. The first-order chi connectivity index (χ1) is 18.1. The van der Waals surface area contributed by atoms with Gasteiger partial charge in [0.1, 0.15) is 22.9 Å². The summed E-state index contributed by atoms with van der Waals surface area (Å²) in [5.41, 5.74) is 2.83. The van der Waals surface area contributed by atoms with Crippen molar-refractivity contribution in [1.82, 2.24) is 0 Å². The summed E-state index contributed by atoms with van der Waals surface area (Å²) in [5, 5.41) is 30.3. The van der Waals surface area contributed by atoms with Crippen LogP contribution in [-0.4, -0.2) is 19.1 Å². The third-order valence-corrected chi connectivity index (χ3v) is 6.16. The highest BCUT2D eigenvalue weighted by Crippen LogP contribution is 2.42. The first-order valence-corrected chi connectivity index (χ1v) is 12.1. The molecule has 0 aromatic heterocycles. The number of methoxy groups -OCH3 is 2. The Balaban J connectivity index is 1.71. The normalized spacial score (nSPS) is 11.9. The van der Waals surface area contributed by atoms with Gasteiger partial charge in [-0.3, -0.25) is 10.1 Å². The number of azo groups is 2. The number of nitrogens with zero attached hydrogens (tertiary/aromatic N) is 5. The largest absolute Gasteiger partial charge is 0.496 e. The van der Waals surface area contributed by atoms with Crippen LogP contribution in [0, 0.1) is 10.1 Å². The molecule has 10 heteroatoms. The van der Waals surface area contributed by atoms with Crippen molar-refractivity contribution in [3.8, 4) is 11.5 Å². The highest BCUT2D eigenvalue weighted by atomic mass is 35.5. The number of nitro benzene ring substituents is 1. The Morgan fingerprint density at radius 2 is 1.26 bits per heavy atom. The summed E-state index contributed by atoms with van der Waals surface area (Å²) >= 11 is 6.16. The van der Waals surface area contributed by atoms with Crippen LogP contribution in [0.5, 0.6) is 11.5 Å². The lowest BCUT2D eigenvalue weighted by Crippen LogP contribution is -2.13. The Bertz CT molecular complexity index is 1580. The fourth-order valence-electron chi connectivity index (χ4n) is 3.89. The second kappa shape index (κ2) is 10.9. The monoisotopic (exact) mass is 531 g/mol. The molecule has 4 aromatic carbocycles. The summed E-state index contributed by atoms with van der Waals surface area (Å²) in [7, 11) is 3.22. The molecule has 0 heterocycles. The van der Waals surface area contributed by atoms with E-state index in [1.54, 1.807) is 26.4 Å². The second-order valence-corrected chi connectivity index (χ2v) is 9.82. The van der Waals surface area contributed by atoms with Gasteiger partial charge in [-0.15, -0.1) is 20.5 Å². The molecule has 4 rings (SSSR count). The van der Waals surface area contributed by atoms with Crippen molar-refractivity contribution in [2.75, 3.05) is 14.2 Å². The third kappa shape index (κ3) is 5.63. The maximum atomic E-state index is 11.0. The van der Waals surface area contributed by atoms with E-state index in [0.717, 1.165) is 16.3 Å². The zero-order valence-electron chi connectivity index (χ0n) is 21.6. The van der Waals surface area contributed by atoms with Gasteiger partial charge >= 0.3 is 0 Å².